The largest absolute Gasteiger partial charge is 0.259 e. The molecular weight excluding hydrogens is 460 g/mol. The third kappa shape index (κ3) is 17.7. The van der Waals surface area contributed by atoms with Crippen molar-refractivity contribution in [2.75, 3.05) is 0 Å². The van der Waals surface area contributed by atoms with Crippen LogP contribution in [-0.2, 0) is 6.54 Å². The molecule has 1 unspecified atom stereocenters. The van der Waals surface area contributed by atoms with Crippen LogP contribution in [0.3, 0.4) is 0 Å². The fourth-order valence-corrected chi connectivity index (χ4v) is 6.19. The van der Waals surface area contributed by atoms with Crippen molar-refractivity contribution in [2.45, 2.75) is 214 Å². The molecule has 0 amide bonds. The zero-order valence-electron chi connectivity index (χ0n) is 27.1. The van der Waals surface area contributed by atoms with Gasteiger partial charge in [0.2, 0.25) is 0 Å². The maximum atomic E-state index is 2.60. The number of rotatable bonds is 28. The first-order chi connectivity index (χ1) is 18.6. The molecule has 224 valence electrons. The third-order valence-corrected chi connectivity index (χ3v) is 8.69. The topological polar surface area (TPSA) is 8.81 Å². The average molecular weight is 532 g/mol. The van der Waals surface area contributed by atoms with Crippen molar-refractivity contribution in [1.29, 1.82) is 0 Å². The Morgan fingerprint density at radius 3 is 1.29 bits per heavy atom. The predicted molar refractivity (Wildman–Crippen MR) is 170 cm³/mol. The fourth-order valence-electron chi connectivity index (χ4n) is 6.19. The minimum absolute atomic E-state index is 0.590. The molecule has 0 aliphatic heterocycles. The van der Waals surface area contributed by atoms with Crippen molar-refractivity contribution >= 4 is 0 Å². The van der Waals surface area contributed by atoms with Crippen LogP contribution in [0.15, 0.2) is 12.4 Å². The monoisotopic (exact) mass is 532 g/mol. The summed E-state index contributed by atoms with van der Waals surface area (Å²) in [6.07, 6.45) is 40.4. The molecule has 1 heterocycles. The van der Waals surface area contributed by atoms with Crippen LogP contribution >= 0.6 is 0 Å². The molecular formula is C36H71N2+. The summed E-state index contributed by atoms with van der Waals surface area (Å²) >= 11 is 0. The van der Waals surface area contributed by atoms with Gasteiger partial charge in [-0.1, -0.05) is 163 Å². The second kappa shape index (κ2) is 25.2. The van der Waals surface area contributed by atoms with Gasteiger partial charge < -0.3 is 0 Å². The summed E-state index contributed by atoms with van der Waals surface area (Å²) in [7, 11) is 0. The van der Waals surface area contributed by atoms with Crippen molar-refractivity contribution in [3.05, 3.63) is 18.2 Å². The van der Waals surface area contributed by atoms with Crippen LogP contribution in [0.2, 0.25) is 0 Å². The Morgan fingerprint density at radius 2 is 0.895 bits per heavy atom. The maximum Gasteiger partial charge on any atom is 0.259 e. The van der Waals surface area contributed by atoms with Gasteiger partial charge in [0.1, 0.15) is 12.4 Å². The van der Waals surface area contributed by atoms with Crippen LogP contribution in [0.4, 0.5) is 0 Å². The highest BCUT2D eigenvalue weighted by atomic mass is 15.2. The van der Waals surface area contributed by atoms with E-state index < -0.39 is 0 Å². The fraction of sp³-hybridized carbons (Fsp3) is 0.917. The molecule has 0 saturated carbocycles. The third-order valence-electron chi connectivity index (χ3n) is 8.69. The molecule has 0 radical (unpaired) electrons. The minimum atomic E-state index is 0.590. The van der Waals surface area contributed by atoms with Crippen LogP contribution in [0.1, 0.15) is 213 Å². The molecule has 1 atom stereocenters. The summed E-state index contributed by atoms with van der Waals surface area (Å²) in [6, 6.07) is 0.624. The lowest BCUT2D eigenvalue weighted by Crippen LogP contribution is -2.38. The lowest BCUT2D eigenvalue weighted by molar-refractivity contribution is -0.705. The second-order valence-electron chi connectivity index (χ2n) is 12.8. The molecule has 0 aromatic carbocycles. The van der Waals surface area contributed by atoms with Crippen LogP contribution in [0, 0.1) is 0 Å². The smallest absolute Gasteiger partial charge is 0.234 e. The lowest BCUT2D eigenvalue weighted by Gasteiger charge is -2.14. The summed E-state index contributed by atoms with van der Waals surface area (Å²) in [4.78, 5) is 0. The Kier molecular flexibility index (Phi) is 23.4. The maximum absolute atomic E-state index is 2.60. The standard InChI is InChI=1S/C36H71N2/c1-6-8-10-12-14-16-17-18-19-20-21-22-24-26-28-30-35(5)38-33-32-37(36(38)34(3)4)31-29-27-25-23-15-13-11-9-7-2/h32-35H,6-31H2,1-5H3/q+1. The van der Waals surface area contributed by atoms with E-state index >= 15 is 0 Å². The van der Waals surface area contributed by atoms with Crippen LogP contribution in [0.5, 0.6) is 0 Å². The molecule has 1 rings (SSSR count). The van der Waals surface area contributed by atoms with Gasteiger partial charge in [0.15, 0.2) is 0 Å². The number of unbranched alkanes of at least 4 members (excludes halogenated alkanes) is 22. The molecule has 0 N–H and O–H groups in total. The normalized spacial score (nSPS) is 12.6. The quantitative estimate of drug-likeness (QED) is 0.0750. The van der Waals surface area contributed by atoms with Gasteiger partial charge in [-0.2, -0.15) is 0 Å². The van der Waals surface area contributed by atoms with Crippen molar-refractivity contribution < 1.29 is 4.57 Å². The van der Waals surface area contributed by atoms with Crippen molar-refractivity contribution in [3.8, 4) is 0 Å². The minimum Gasteiger partial charge on any atom is -0.234 e. The summed E-state index contributed by atoms with van der Waals surface area (Å²) in [5, 5.41) is 0. The number of hydrogen-bond donors (Lipinski definition) is 0. The molecule has 0 fully saturated rings. The van der Waals surface area contributed by atoms with Crippen molar-refractivity contribution in [2.24, 2.45) is 0 Å². The number of hydrogen-bond acceptors (Lipinski definition) is 0. The number of imidazole rings is 1. The summed E-state index contributed by atoms with van der Waals surface area (Å²) < 4.78 is 5.16. The van der Waals surface area contributed by atoms with Crippen molar-refractivity contribution in [1.82, 2.24) is 4.57 Å². The summed E-state index contributed by atoms with van der Waals surface area (Å²) in [6.45, 7) is 13.0. The molecule has 2 nitrogen and oxygen atoms in total. The molecule has 38 heavy (non-hydrogen) atoms. The molecule has 0 saturated heterocycles. The van der Waals surface area contributed by atoms with E-state index in [1.165, 1.54) is 173 Å². The molecule has 1 aromatic rings. The van der Waals surface area contributed by atoms with Gasteiger partial charge in [-0.05, 0) is 32.6 Å². The average Bonchev–Trinajstić information content (AvgIpc) is 3.34. The predicted octanol–water partition coefficient (Wildman–Crippen LogP) is 12.3. The second-order valence-corrected chi connectivity index (χ2v) is 12.8. The van der Waals surface area contributed by atoms with Crippen LogP contribution < -0.4 is 4.57 Å². The summed E-state index contributed by atoms with van der Waals surface area (Å²) in [5.74, 6) is 2.13. The lowest BCUT2D eigenvalue weighted by atomic mass is 10.0. The SMILES string of the molecule is CCCCCCCCCCCCCCCCCC(C)n1cc[n+](CCCCCCCCCCC)c1C(C)C. The Bertz CT molecular complexity index is 617. The van der Waals surface area contributed by atoms with E-state index in [2.05, 4.69) is 56.1 Å². The van der Waals surface area contributed by atoms with Gasteiger partial charge in [-0.3, -0.25) is 0 Å². The Morgan fingerprint density at radius 1 is 0.526 bits per heavy atom. The molecule has 2 heteroatoms. The Labute approximate surface area is 240 Å². The first kappa shape index (κ1) is 35.2. The summed E-state index contributed by atoms with van der Waals surface area (Å²) in [5.41, 5.74) is 0. The van der Waals surface area contributed by atoms with Crippen molar-refractivity contribution in [3.63, 3.8) is 0 Å². The Balaban J connectivity index is 2.11. The van der Waals surface area contributed by atoms with E-state index in [9.17, 15) is 0 Å². The highest BCUT2D eigenvalue weighted by Crippen LogP contribution is 2.22. The van der Waals surface area contributed by atoms with E-state index in [-0.39, 0.29) is 0 Å². The molecule has 0 bridgehead atoms. The molecule has 0 spiro atoms. The highest BCUT2D eigenvalue weighted by Gasteiger charge is 2.23. The number of aryl methyl sites for hydroxylation is 1. The van der Waals surface area contributed by atoms with E-state index in [1.807, 2.05) is 0 Å². The van der Waals surface area contributed by atoms with E-state index in [1.54, 1.807) is 0 Å². The molecule has 0 aliphatic carbocycles. The van der Waals surface area contributed by atoms with E-state index in [0.717, 1.165) is 0 Å². The van der Waals surface area contributed by atoms with Gasteiger partial charge in [0.25, 0.3) is 5.82 Å². The first-order valence-corrected chi connectivity index (χ1v) is 17.7. The van der Waals surface area contributed by atoms with Gasteiger partial charge in [0.05, 0.1) is 18.5 Å². The zero-order chi connectivity index (χ0) is 27.7. The highest BCUT2D eigenvalue weighted by molar-refractivity contribution is 4.92. The van der Waals surface area contributed by atoms with E-state index in [4.69, 9.17) is 0 Å². The number of aromatic nitrogens is 2. The zero-order valence-corrected chi connectivity index (χ0v) is 27.1. The van der Waals surface area contributed by atoms with E-state index in [0.29, 0.717) is 12.0 Å². The van der Waals surface area contributed by atoms with Crippen LogP contribution in [-0.4, -0.2) is 4.57 Å². The first-order valence-electron chi connectivity index (χ1n) is 17.7. The Hall–Kier alpha value is -0.790. The molecule has 1 aromatic heterocycles. The van der Waals surface area contributed by atoms with Crippen LogP contribution in [0.25, 0.3) is 0 Å². The van der Waals surface area contributed by atoms with Gasteiger partial charge in [-0.15, -0.1) is 0 Å². The van der Waals surface area contributed by atoms with Gasteiger partial charge in [0, 0.05) is 0 Å². The van der Waals surface area contributed by atoms with Gasteiger partial charge >= 0.3 is 0 Å². The van der Waals surface area contributed by atoms with Gasteiger partial charge in [-0.25, -0.2) is 9.13 Å². The molecule has 0 aliphatic rings. The number of nitrogens with zero attached hydrogens (tertiary/aromatic N) is 2.